The number of aliphatic hydroxyl groups excluding tert-OH is 1. The van der Waals surface area contributed by atoms with Crippen molar-refractivity contribution in [1.82, 2.24) is 4.90 Å². The Balaban J connectivity index is 1.62. The van der Waals surface area contributed by atoms with Crippen LogP contribution in [0, 0.1) is 0 Å². The van der Waals surface area contributed by atoms with Crippen LogP contribution >= 0.6 is 0 Å². The predicted octanol–water partition coefficient (Wildman–Crippen LogP) is 1.32. The van der Waals surface area contributed by atoms with E-state index in [1.165, 1.54) is 11.1 Å². The number of sulfone groups is 1. The lowest BCUT2D eigenvalue weighted by atomic mass is 9.99. The average Bonchev–Trinajstić information content (AvgIpc) is 2.74. The zero-order valence-electron chi connectivity index (χ0n) is 12.0. The van der Waals surface area contributed by atoms with Crippen LogP contribution in [0.25, 0.3) is 6.08 Å². The Morgan fingerprint density at radius 3 is 2.33 bits per heavy atom. The topological polar surface area (TPSA) is 57.6 Å². The van der Waals surface area contributed by atoms with E-state index < -0.39 is 15.9 Å². The van der Waals surface area contributed by atoms with E-state index in [4.69, 9.17) is 0 Å². The summed E-state index contributed by atoms with van der Waals surface area (Å²) in [5.41, 5.74) is 2.61. The van der Waals surface area contributed by atoms with Crippen molar-refractivity contribution >= 4 is 15.9 Å². The maximum absolute atomic E-state index is 11.6. The predicted molar refractivity (Wildman–Crippen MR) is 83.7 cm³/mol. The van der Waals surface area contributed by atoms with E-state index in [2.05, 4.69) is 23.1 Å². The Labute approximate surface area is 126 Å². The van der Waals surface area contributed by atoms with Gasteiger partial charge in [0.05, 0.1) is 23.7 Å². The second kappa shape index (κ2) is 5.91. The minimum Gasteiger partial charge on any atom is -0.390 e. The Morgan fingerprint density at radius 2 is 1.76 bits per heavy atom. The maximum atomic E-state index is 11.6. The summed E-state index contributed by atoms with van der Waals surface area (Å²) >= 11 is 0. The molecule has 4 nitrogen and oxygen atoms in total. The van der Waals surface area contributed by atoms with Gasteiger partial charge in [-0.3, -0.25) is 4.90 Å². The van der Waals surface area contributed by atoms with Crippen molar-refractivity contribution in [3.63, 3.8) is 0 Å². The zero-order valence-corrected chi connectivity index (χ0v) is 12.8. The van der Waals surface area contributed by atoms with E-state index in [1.54, 1.807) is 0 Å². The van der Waals surface area contributed by atoms with Gasteiger partial charge in [-0.15, -0.1) is 0 Å². The van der Waals surface area contributed by atoms with Crippen LogP contribution in [0.5, 0.6) is 0 Å². The highest BCUT2D eigenvalue weighted by molar-refractivity contribution is 7.91. The molecule has 114 valence electrons. The minimum atomic E-state index is -3.06. The summed E-state index contributed by atoms with van der Waals surface area (Å²) in [6, 6.07) is 10.0. The third kappa shape index (κ3) is 3.54. The van der Waals surface area contributed by atoms with Gasteiger partial charge in [0, 0.05) is 13.1 Å². The Hall–Kier alpha value is -1.17. The van der Waals surface area contributed by atoms with E-state index in [9.17, 15) is 13.5 Å². The van der Waals surface area contributed by atoms with Crippen LogP contribution in [0.1, 0.15) is 18.4 Å². The van der Waals surface area contributed by atoms with E-state index in [0.717, 1.165) is 25.9 Å². The smallest absolute Gasteiger partial charge is 0.154 e. The number of benzene rings is 1. The summed E-state index contributed by atoms with van der Waals surface area (Å²) in [5, 5.41) is 9.94. The molecule has 0 unspecified atom stereocenters. The number of likely N-dealkylation sites (tertiary alicyclic amines) is 1. The zero-order chi connectivity index (χ0) is 14.9. The number of nitrogens with zero attached hydrogens (tertiary/aromatic N) is 1. The first-order chi connectivity index (χ1) is 10.0. The normalized spacial score (nSPS) is 29.5. The third-order valence-electron chi connectivity index (χ3n) is 4.37. The van der Waals surface area contributed by atoms with Crippen molar-refractivity contribution in [2.24, 2.45) is 0 Å². The summed E-state index contributed by atoms with van der Waals surface area (Å²) in [7, 11) is -3.06. The molecule has 2 atom stereocenters. The highest BCUT2D eigenvalue weighted by atomic mass is 32.2. The molecule has 2 aliphatic heterocycles. The highest BCUT2D eigenvalue weighted by Crippen LogP contribution is 2.25. The first-order valence-corrected chi connectivity index (χ1v) is 9.23. The first-order valence-electron chi connectivity index (χ1n) is 7.40. The molecule has 2 aliphatic rings. The Kier molecular flexibility index (Phi) is 4.15. The number of piperidine rings is 1. The summed E-state index contributed by atoms with van der Waals surface area (Å²) in [6.45, 7) is 1.66. The van der Waals surface area contributed by atoms with E-state index in [-0.39, 0.29) is 17.5 Å². The van der Waals surface area contributed by atoms with Crippen molar-refractivity contribution in [3.8, 4) is 0 Å². The fourth-order valence-corrected chi connectivity index (χ4v) is 5.06. The molecule has 0 amide bonds. The van der Waals surface area contributed by atoms with Crippen molar-refractivity contribution in [2.75, 3.05) is 24.6 Å². The van der Waals surface area contributed by atoms with Gasteiger partial charge in [0.2, 0.25) is 0 Å². The minimum absolute atomic E-state index is 0.0825. The van der Waals surface area contributed by atoms with Crippen LogP contribution in [0.4, 0.5) is 0 Å². The van der Waals surface area contributed by atoms with Crippen molar-refractivity contribution in [3.05, 3.63) is 41.5 Å². The number of aliphatic hydroxyl groups is 1. The van der Waals surface area contributed by atoms with Crippen LogP contribution in [0.15, 0.2) is 35.9 Å². The van der Waals surface area contributed by atoms with E-state index in [0.29, 0.717) is 0 Å². The fourth-order valence-electron chi connectivity index (χ4n) is 3.23. The molecule has 3 rings (SSSR count). The molecule has 0 bridgehead atoms. The molecule has 21 heavy (non-hydrogen) atoms. The molecule has 0 aromatic heterocycles. The molecule has 0 aliphatic carbocycles. The van der Waals surface area contributed by atoms with Gasteiger partial charge in [-0.05, 0) is 18.4 Å². The molecule has 1 N–H and O–H groups in total. The van der Waals surface area contributed by atoms with Gasteiger partial charge in [-0.2, -0.15) is 0 Å². The SMILES string of the molecule is O=S1(=O)C[C@@H](O)[C@@H](N2CCC(=Cc3ccccc3)CC2)C1. The molecule has 1 aromatic rings. The van der Waals surface area contributed by atoms with Crippen LogP contribution in [0.2, 0.25) is 0 Å². The van der Waals surface area contributed by atoms with Crippen molar-refractivity contribution < 1.29 is 13.5 Å². The summed E-state index contributed by atoms with van der Waals surface area (Å²) in [6.07, 6.45) is 3.38. The number of hydrogen-bond acceptors (Lipinski definition) is 4. The second-order valence-electron chi connectivity index (χ2n) is 5.96. The molecule has 2 heterocycles. The Morgan fingerprint density at radius 1 is 1.10 bits per heavy atom. The summed E-state index contributed by atoms with van der Waals surface area (Å²) < 4.78 is 23.2. The molecule has 0 saturated carbocycles. The van der Waals surface area contributed by atoms with Crippen LogP contribution in [-0.4, -0.2) is 55.2 Å². The van der Waals surface area contributed by atoms with Crippen molar-refractivity contribution in [2.45, 2.75) is 25.0 Å². The molecular formula is C16H21NO3S. The van der Waals surface area contributed by atoms with Gasteiger partial charge < -0.3 is 5.11 Å². The molecule has 0 spiro atoms. The highest BCUT2D eigenvalue weighted by Gasteiger charge is 2.40. The third-order valence-corrected chi connectivity index (χ3v) is 6.07. The molecular weight excluding hydrogens is 286 g/mol. The van der Waals surface area contributed by atoms with E-state index in [1.807, 2.05) is 18.2 Å². The van der Waals surface area contributed by atoms with Crippen LogP contribution in [-0.2, 0) is 9.84 Å². The largest absolute Gasteiger partial charge is 0.390 e. The standard InChI is InChI=1S/C16H21NO3S/c18-16-12-21(19,20)11-15(16)17-8-6-14(7-9-17)10-13-4-2-1-3-5-13/h1-5,10,15-16,18H,6-9,11-12H2/t15-,16+/m0/s1. The van der Waals surface area contributed by atoms with Crippen molar-refractivity contribution in [1.29, 1.82) is 0 Å². The molecule has 5 heteroatoms. The van der Waals surface area contributed by atoms with Gasteiger partial charge in [0.15, 0.2) is 9.84 Å². The molecule has 0 radical (unpaired) electrons. The fraction of sp³-hybridized carbons (Fsp3) is 0.500. The lowest BCUT2D eigenvalue weighted by Crippen LogP contribution is -2.46. The lowest BCUT2D eigenvalue weighted by Gasteiger charge is -2.34. The van der Waals surface area contributed by atoms with Crippen LogP contribution in [0.3, 0.4) is 0 Å². The first kappa shape index (κ1) is 14.8. The maximum Gasteiger partial charge on any atom is 0.154 e. The summed E-state index contributed by atoms with van der Waals surface area (Å²) in [5.74, 6) is 0.0206. The molecule has 2 fully saturated rings. The quantitative estimate of drug-likeness (QED) is 0.895. The van der Waals surface area contributed by atoms with Crippen LogP contribution < -0.4 is 0 Å². The Bertz CT molecular complexity index is 614. The van der Waals surface area contributed by atoms with Gasteiger partial charge in [-0.1, -0.05) is 42.0 Å². The van der Waals surface area contributed by atoms with E-state index >= 15 is 0 Å². The van der Waals surface area contributed by atoms with Gasteiger partial charge in [0.1, 0.15) is 0 Å². The lowest BCUT2D eigenvalue weighted by molar-refractivity contribution is 0.0781. The molecule has 1 aromatic carbocycles. The van der Waals surface area contributed by atoms with Gasteiger partial charge in [-0.25, -0.2) is 8.42 Å². The number of hydrogen-bond donors (Lipinski definition) is 1. The van der Waals surface area contributed by atoms with Gasteiger partial charge >= 0.3 is 0 Å². The average molecular weight is 307 g/mol. The van der Waals surface area contributed by atoms with Gasteiger partial charge in [0.25, 0.3) is 0 Å². The summed E-state index contributed by atoms with van der Waals surface area (Å²) in [4.78, 5) is 2.14. The monoisotopic (exact) mass is 307 g/mol. The molecule has 2 saturated heterocycles. The number of rotatable bonds is 2. The second-order valence-corrected chi connectivity index (χ2v) is 8.11.